The Labute approximate surface area is 265 Å². The van der Waals surface area contributed by atoms with Gasteiger partial charge >= 0.3 is 0 Å². The lowest BCUT2D eigenvalue weighted by Gasteiger charge is -2.44. The molecule has 4 heteroatoms. The van der Waals surface area contributed by atoms with Crippen molar-refractivity contribution >= 4 is 89.9 Å². The fraction of sp³-hybridized carbons (Fsp3) is 0.0244. The third-order valence-electron chi connectivity index (χ3n) is 9.52. The van der Waals surface area contributed by atoms with Crippen LogP contribution in [0.1, 0.15) is 9.68 Å². The zero-order valence-electron chi connectivity index (χ0n) is 27.2. The molecule has 0 spiro atoms. The highest BCUT2D eigenvalue weighted by Gasteiger charge is 2.44. The van der Waals surface area contributed by atoms with E-state index in [1.807, 2.05) is 42.5 Å². The summed E-state index contributed by atoms with van der Waals surface area (Å²) in [4.78, 5) is 4.66. The Morgan fingerprint density at radius 2 is 1.24 bits per heavy atom. The second-order valence-electron chi connectivity index (χ2n) is 11.9. The maximum atomic E-state index is 8.79. The largest absolute Gasteiger partial charge is 0.456 e. The summed E-state index contributed by atoms with van der Waals surface area (Å²) in [6.45, 7) is -2.62. The van der Waals surface area contributed by atoms with Crippen molar-refractivity contribution in [1.29, 1.82) is 0 Å². The first-order chi connectivity index (χ1) is 23.5. The average molecular weight is 578 g/mol. The molecule has 7 aromatic carbocycles. The highest BCUT2D eigenvalue weighted by molar-refractivity contribution is 7.00. The van der Waals surface area contributed by atoms with Gasteiger partial charge in [0.25, 0.3) is 6.71 Å². The Bertz CT molecular complexity index is 2580. The number of para-hydroxylation sites is 3. The highest BCUT2D eigenvalue weighted by atomic mass is 16.3. The van der Waals surface area contributed by atoms with E-state index < -0.39 is 6.85 Å². The summed E-state index contributed by atoms with van der Waals surface area (Å²) in [6, 6.07) is 50.1. The summed E-state index contributed by atoms with van der Waals surface area (Å²) in [5, 5.41) is 3.87. The molecule has 3 nitrogen and oxygen atoms in total. The fourth-order valence-electron chi connectivity index (χ4n) is 7.77. The first-order valence-corrected chi connectivity index (χ1v) is 15.3. The van der Waals surface area contributed by atoms with Gasteiger partial charge in [0.2, 0.25) is 0 Å². The van der Waals surface area contributed by atoms with Crippen molar-refractivity contribution in [2.45, 2.75) is 6.85 Å². The van der Waals surface area contributed by atoms with Crippen molar-refractivity contribution in [3.63, 3.8) is 0 Å². The van der Waals surface area contributed by atoms with E-state index in [-0.39, 0.29) is 12.3 Å². The first-order valence-electron chi connectivity index (χ1n) is 16.8. The second kappa shape index (κ2) is 9.14. The molecule has 1 aromatic heterocycles. The Morgan fingerprint density at radius 1 is 0.578 bits per heavy atom. The number of rotatable bonds is 2. The van der Waals surface area contributed by atoms with Crippen LogP contribution in [0.4, 0.5) is 34.1 Å². The van der Waals surface area contributed by atoms with Gasteiger partial charge in [-0.05, 0) is 88.1 Å². The molecule has 0 fully saturated rings. The molecule has 0 bridgehead atoms. The summed E-state index contributed by atoms with van der Waals surface area (Å²) in [5.41, 5.74) is 10.8. The summed E-state index contributed by atoms with van der Waals surface area (Å²) in [6.07, 6.45) is 0. The third kappa shape index (κ3) is 3.31. The van der Waals surface area contributed by atoms with Crippen LogP contribution in [0.25, 0.3) is 32.7 Å². The van der Waals surface area contributed by atoms with Crippen molar-refractivity contribution in [3.05, 3.63) is 151 Å². The monoisotopic (exact) mass is 577 g/mol. The molecule has 0 aliphatic carbocycles. The number of hydrogen-bond donors (Lipinski definition) is 0. The van der Waals surface area contributed by atoms with E-state index in [1.54, 1.807) is 0 Å². The molecule has 0 unspecified atom stereocenters. The minimum absolute atomic E-state index is 0.215. The van der Waals surface area contributed by atoms with Crippen molar-refractivity contribution in [1.82, 2.24) is 0 Å². The molecule has 0 N–H and O–H groups in total. The predicted octanol–water partition coefficient (Wildman–Crippen LogP) is 9.13. The molecule has 2 aliphatic heterocycles. The van der Waals surface area contributed by atoms with Crippen LogP contribution in [-0.4, -0.2) is 6.71 Å². The lowest BCUT2D eigenvalue weighted by Crippen LogP contribution is -2.61. The van der Waals surface area contributed by atoms with Crippen LogP contribution in [0.15, 0.2) is 150 Å². The molecular formula is C41H27BN2O. The van der Waals surface area contributed by atoms with E-state index in [0.717, 1.165) is 72.1 Å². The van der Waals surface area contributed by atoms with Gasteiger partial charge in [0.1, 0.15) is 11.2 Å². The Morgan fingerprint density at radius 3 is 2.04 bits per heavy atom. The molecule has 210 valence electrons. The topological polar surface area (TPSA) is 19.6 Å². The highest BCUT2D eigenvalue weighted by Crippen LogP contribution is 2.48. The molecule has 45 heavy (non-hydrogen) atoms. The summed E-state index contributed by atoms with van der Waals surface area (Å²) in [5.74, 6) is 0. The standard InChI is InChI=1S/C41H27BN2O/c1-26-25-32-40(38-37-30-18-9-8-13-27(30)23-24-36(37)45-41(26)38)44(29-16-6-3-7-17-29)35-22-12-21-34-39(35)42(32)31-19-10-11-20-33(31)43(34)28-14-4-2-5-15-28/h2-25H,1H3/i1D3. The molecule has 0 radical (unpaired) electrons. The van der Waals surface area contributed by atoms with Gasteiger partial charge in [-0.1, -0.05) is 97.1 Å². The van der Waals surface area contributed by atoms with Crippen LogP contribution in [0.3, 0.4) is 0 Å². The van der Waals surface area contributed by atoms with Crippen LogP contribution in [0.2, 0.25) is 0 Å². The van der Waals surface area contributed by atoms with Crippen molar-refractivity contribution in [2.24, 2.45) is 0 Å². The number of aryl methyl sites for hydroxylation is 1. The van der Waals surface area contributed by atoms with E-state index in [4.69, 9.17) is 8.53 Å². The number of nitrogens with zero attached hydrogens (tertiary/aromatic N) is 2. The van der Waals surface area contributed by atoms with Gasteiger partial charge in [-0.3, -0.25) is 0 Å². The molecule has 0 atom stereocenters. The lowest BCUT2D eigenvalue weighted by molar-refractivity contribution is 0.666. The summed E-state index contributed by atoms with van der Waals surface area (Å²) >= 11 is 0. The molecule has 8 aromatic rings. The van der Waals surface area contributed by atoms with E-state index in [2.05, 4.69) is 113 Å². The predicted molar refractivity (Wildman–Crippen MR) is 190 cm³/mol. The minimum atomic E-state index is -2.40. The summed E-state index contributed by atoms with van der Waals surface area (Å²) in [7, 11) is 0. The van der Waals surface area contributed by atoms with E-state index in [1.165, 1.54) is 0 Å². The number of benzene rings is 7. The first kappa shape index (κ1) is 21.9. The SMILES string of the molecule is [2H]C([2H])([2H])c1cc2c(c3c1oc1ccc4ccccc4c13)N(c1ccccc1)c1cccc3c1B2c1ccccc1N3c1ccccc1. The van der Waals surface area contributed by atoms with Crippen LogP contribution >= 0.6 is 0 Å². The molecule has 3 heterocycles. The van der Waals surface area contributed by atoms with Gasteiger partial charge in [0.05, 0.1) is 11.1 Å². The Kier molecular flexibility index (Phi) is 4.44. The zero-order chi connectivity index (χ0) is 32.1. The maximum absolute atomic E-state index is 8.79. The van der Waals surface area contributed by atoms with Crippen LogP contribution < -0.4 is 26.2 Å². The van der Waals surface area contributed by atoms with Gasteiger partial charge in [-0.25, -0.2) is 0 Å². The van der Waals surface area contributed by atoms with E-state index >= 15 is 0 Å². The minimum Gasteiger partial charge on any atom is -0.456 e. The van der Waals surface area contributed by atoms with Gasteiger partial charge in [0.15, 0.2) is 0 Å². The Balaban J connectivity index is 1.42. The zero-order valence-corrected chi connectivity index (χ0v) is 24.2. The van der Waals surface area contributed by atoms with E-state index in [0.29, 0.717) is 11.2 Å². The molecule has 0 saturated carbocycles. The maximum Gasteiger partial charge on any atom is 0.252 e. The average Bonchev–Trinajstić information content (AvgIpc) is 3.52. The summed E-state index contributed by atoms with van der Waals surface area (Å²) < 4.78 is 33.0. The molecular weight excluding hydrogens is 547 g/mol. The fourth-order valence-corrected chi connectivity index (χ4v) is 7.77. The third-order valence-corrected chi connectivity index (χ3v) is 9.52. The molecule has 2 aliphatic rings. The van der Waals surface area contributed by atoms with Crippen LogP contribution in [0, 0.1) is 6.85 Å². The lowest BCUT2D eigenvalue weighted by atomic mass is 9.33. The van der Waals surface area contributed by atoms with Gasteiger partial charge in [-0.2, -0.15) is 0 Å². The van der Waals surface area contributed by atoms with Crippen molar-refractivity contribution in [3.8, 4) is 0 Å². The van der Waals surface area contributed by atoms with Crippen molar-refractivity contribution < 1.29 is 8.53 Å². The second-order valence-corrected chi connectivity index (χ2v) is 11.9. The van der Waals surface area contributed by atoms with Crippen LogP contribution in [0.5, 0.6) is 0 Å². The molecule has 10 rings (SSSR count). The van der Waals surface area contributed by atoms with Gasteiger partial charge in [-0.15, -0.1) is 0 Å². The van der Waals surface area contributed by atoms with Crippen LogP contribution in [-0.2, 0) is 0 Å². The Hall–Kier alpha value is -5.74. The number of furan rings is 1. The smallest absolute Gasteiger partial charge is 0.252 e. The van der Waals surface area contributed by atoms with Crippen molar-refractivity contribution in [2.75, 3.05) is 9.80 Å². The van der Waals surface area contributed by atoms with Gasteiger partial charge in [0, 0.05) is 37.9 Å². The number of anilines is 6. The normalized spacial score (nSPS) is 14.6. The quantitative estimate of drug-likeness (QED) is 0.191. The van der Waals surface area contributed by atoms with E-state index in [9.17, 15) is 0 Å². The number of hydrogen-bond acceptors (Lipinski definition) is 3. The number of fused-ring (bicyclic) bond motifs is 10. The molecule has 0 amide bonds. The van der Waals surface area contributed by atoms with Gasteiger partial charge < -0.3 is 14.2 Å². The molecule has 0 saturated heterocycles.